The van der Waals surface area contributed by atoms with Gasteiger partial charge in [-0.2, -0.15) is 0 Å². The second-order valence-electron chi connectivity index (χ2n) is 8.77. The highest BCUT2D eigenvalue weighted by molar-refractivity contribution is 6.25. The molecule has 32 heavy (non-hydrogen) atoms. The standard InChI is InChI=1S/C24H21N3O5/c1-13(28)32-15-10-8-14(9-11-15)27-21(29)19-18-7-4-12-26(18)24(20(19)22(27)30)16-5-2-3-6-17(16)25-23(24)31/h2-3,5-6,8-11,18-20H,4,7,12H2,1H3,(H,25,31)/t18-,19+,20+,24+/m0/s1. The van der Waals surface area contributed by atoms with Crippen LogP contribution in [0.5, 0.6) is 5.75 Å². The predicted molar refractivity (Wildman–Crippen MR) is 114 cm³/mol. The van der Waals surface area contributed by atoms with Crippen molar-refractivity contribution in [2.24, 2.45) is 11.8 Å². The fourth-order valence-corrected chi connectivity index (χ4v) is 6.24. The summed E-state index contributed by atoms with van der Waals surface area (Å²) in [6.07, 6.45) is 1.65. The number of nitrogens with zero attached hydrogens (tertiary/aromatic N) is 2. The summed E-state index contributed by atoms with van der Waals surface area (Å²) in [5, 5.41) is 2.96. The molecule has 0 saturated carbocycles. The maximum Gasteiger partial charge on any atom is 0.308 e. The number of hydrogen-bond acceptors (Lipinski definition) is 6. The number of para-hydroxylation sites is 1. The summed E-state index contributed by atoms with van der Waals surface area (Å²) in [7, 11) is 0. The van der Waals surface area contributed by atoms with E-state index in [4.69, 9.17) is 4.74 Å². The van der Waals surface area contributed by atoms with Crippen LogP contribution in [0, 0.1) is 11.8 Å². The molecule has 0 aliphatic carbocycles. The number of amides is 3. The van der Waals surface area contributed by atoms with Crippen molar-refractivity contribution < 1.29 is 23.9 Å². The van der Waals surface area contributed by atoms with E-state index >= 15 is 0 Å². The summed E-state index contributed by atoms with van der Waals surface area (Å²) in [6, 6.07) is 13.6. The maximum atomic E-state index is 13.8. The molecule has 162 valence electrons. The summed E-state index contributed by atoms with van der Waals surface area (Å²) in [4.78, 5) is 55.4. The molecule has 4 aliphatic rings. The lowest BCUT2D eigenvalue weighted by molar-refractivity contribution is -0.135. The van der Waals surface area contributed by atoms with Gasteiger partial charge < -0.3 is 10.1 Å². The molecule has 3 amide bonds. The van der Waals surface area contributed by atoms with Gasteiger partial charge in [0.25, 0.3) is 0 Å². The number of benzene rings is 2. The third kappa shape index (κ3) is 2.25. The number of rotatable bonds is 2. The zero-order valence-electron chi connectivity index (χ0n) is 17.4. The molecule has 1 spiro atoms. The topological polar surface area (TPSA) is 96.0 Å². The number of ether oxygens (including phenoxy) is 1. The zero-order valence-corrected chi connectivity index (χ0v) is 17.4. The van der Waals surface area contributed by atoms with Crippen LogP contribution in [-0.4, -0.2) is 41.2 Å². The van der Waals surface area contributed by atoms with Crippen molar-refractivity contribution in [3.8, 4) is 5.75 Å². The van der Waals surface area contributed by atoms with Crippen molar-refractivity contribution in [3.05, 3.63) is 54.1 Å². The Hall–Kier alpha value is -3.52. The Labute approximate surface area is 184 Å². The summed E-state index contributed by atoms with van der Waals surface area (Å²) in [5.74, 6) is -2.33. The Morgan fingerprint density at radius 3 is 2.56 bits per heavy atom. The number of carbonyl (C=O) groups excluding carboxylic acids is 4. The van der Waals surface area contributed by atoms with E-state index in [0.717, 1.165) is 18.4 Å². The van der Waals surface area contributed by atoms with Gasteiger partial charge in [0.05, 0.1) is 17.5 Å². The molecular weight excluding hydrogens is 410 g/mol. The SMILES string of the molecule is CC(=O)Oc1ccc(N2C(=O)[C@@H]3[C@@H]4CCCN4[C@@]4(C(=O)Nc5ccccc54)[C@H]3C2=O)cc1. The van der Waals surface area contributed by atoms with Crippen molar-refractivity contribution in [2.75, 3.05) is 16.8 Å². The molecule has 4 heterocycles. The van der Waals surface area contributed by atoms with Gasteiger partial charge in [-0.3, -0.25) is 24.1 Å². The molecule has 1 N–H and O–H groups in total. The van der Waals surface area contributed by atoms with Gasteiger partial charge in [0, 0.05) is 24.2 Å². The van der Waals surface area contributed by atoms with E-state index in [2.05, 4.69) is 10.2 Å². The second-order valence-corrected chi connectivity index (χ2v) is 8.77. The van der Waals surface area contributed by atoms with Crippen molar-refractivity contribution >= 4 is 35.1 Å². The highest BCUT2D eigenvalue weighted by Crippen LogP contribution is 2.60. The van der Waals surface area contributed by atoms with Gasteiger partial charge in [-0.25, -0.2) is 4.90 Å². The van der Waals surface area contributed by atoms with Gasteiger partial charge in [-0.1, -0.05) is 18.2 Å². The first kappa shape index (κ1) is 19.2. The van der Waals surface area contributed by atoms with Crippen LogP contribution in [0.25, 0.3) is 0 Å². The van der Waals surface area contributed by atoms with E-state index in [1.807, 2.05) is 24.3 Å². The minimum Gasteiger partial charge on any atom is -0.427 e. The van der Waals surface area contributed by atoms with Crippen LogP contribution >= 0.6 is 0 Å². The van der Waals surface area contributed by atoms with Crippen molar-refractivity contribution in [1.29, 1.82) is 0 Å². The number of anilines is 2. The van der Waals surface area contributed by atoms with Crippen molar-refractivity contribution in [3.63, 3.8) is 0 Å². The molecule has 2 aromatic carbocycles. The highest BCUT2D eigenvalue weighted by atomic mass is 16.5. The first-order chi connectivity index (χ1) is 15.4. The fraction of sp³-hybridized carbons (Fsp3) is 0.333. The van der Waals surface area contributed by atoms with Gasteiger partial charge in [0.2, 0.25) is 17.7 Å². The van der Waals surface area contributed by atoms with Gasteiger partial charge >= 0.3 is 5.97 Å². The molecule has 3 fully saturated rings. The second kappa shape index (κ2) is 6.49. The lowest BCUT2D eigenvalue weighted by Gasteiger charge is -2.36. The third-order valence-corrected chi connectivity index (χ3v) is 7.26. The van der Waals surface area contributed by atoms with Crippen LogP contribution in [-0.2, 0) is 24.7 Å². The van der Waals surface area contributed by atoms with E-state index in [9.17, 15) is 19.2 Å². The number of hydrogen-bond donors (Lipinski definition) is 1. The third-order valence-electron chi connectivity index (χ3n) is 7.26. The molecule has 4 atom stereocenters. The number of imide groups is 1. The lowest BCUT2D eigenvalue weighted by atomic mass is 9.75. The monoisotopic (exact) mass is 431 g/mol. The average Bonchev–Trinajstić information content (AvgIpc) is 3.47. The molecule has 0 radical (unpaired) electrons. The lowest BCUT2D eigenvalue weighted by Crippen LogP contribution is -2.54. The van der Waals surface area contributed by atoms with Gasteiger partial charge in [0.1, 0.15) is 11.3 Å². The number of carbonyl (C=O) groups is 4. The van der Waals surface area contributed by atoms with E-state index in [-0.39, 0.29) is 23.8 Å². The molecule has 8 heteroatoms. The van der Waals surface area contributed by atoms with Crippen molar-refractivity contribution in [2.45, 2.75) is 31.3 Å². The number of fused-ring (bicyclic) bond motifs is 7. The Morgan fingerprint density at radius 1 is 1.06 bits per heavy atom. The largest absolute Gasteiger partial charge is 0.427 e. The van der Waals surface area contributed by atoms with Gasteiger partial charge in [0.15, 0.2) is 0 Å². The smallest absolute Gasteiger partial charge is 0.308 e. The summed E-state index contributed by atoms with van der Waals surface area (Å²) >= 11 is 0. The molecule has 0 bridgehead atoms. The molecule has 4 aliphatic heterocycles. The quantitative estimate of drug-likeness (QED) is 0.444. The predicted octanol–water partition coefficient (Wildman–Crippen LogP) is 2.04. The van der Waals surface area contributed by atoms with Gasteiger partial charge in [-0.05, 0) is 49.7 Å². The minimum atomic E-state index is -1.17. The molecule has 6 rings (SSSR count). The van der Waals surface area contributed by atoms with Crippen LogP contribution in [0.4, 0.5) is 11.4 Å². The van der Waals surface area contributed by atoms with E-state index < -0.39 is 23.3 Å². The molecular formula is C24H21N3O5. The summed E-state index contributed by atoms with van der Waals surface area (Å²) in [5.41, 5.74) is 0.726. The Kier molecular flexibility index (Phi) is 3.89. The Morgan fingerprint density at radius 2 is 1.81 bits per heavy atom. The van der Waals surface area contributed by atoms with Crippen LogP contribution in [0.3, 0.4) is 0 Å². The molecule has 2 aromatic rings. The zero-order chi connectivity index (χ0) is 22.2. The van der Waals surface area contributed by atoms with Crippen LogP contribution in [0.15, 0.2) is 48.5 Å². The molecule has 0 aromatic heterocycles. The fourth-order valence-electron chi connectivity index (χ4n) is 6.24. The molecule has 3 saturated heterocycles. The Bertz CT molecular complexity index is 1190. The van der Waals surface area contributed by atoms with E-state index in [1.165, 1.54) is 11.8 Å². The summed E-state index contributed by atoms with van der Waals surface area (Å²) in [6.45, 7) is 1.98. The van der Waals surface area contributed by atoms with E-state index in [0.29, 0.717) is 23.7 Å². The van der Waals surface area contributed by atoms with Crippen LogP contribution in [0.1, 0.15) is 25.3 Å². The van der Waals surface area contributed by atoms with Gasteiger partial charge in [-0.15, -0.1) is 0 Å². The minimum absolute atomic E-state index is 0.154. The average molecular weight is 431 g/mol. The first-order valence-electron chi connectivity index (χ1n) is 10.8. The van der Waals surface area contributed by atoms with Crippen LogP contribution in [0.2, 0.25) is 0 Å². The van der Waals surface area contributed by atoms with Crippen molar-refractivity contribution in [1.82, 2.24) is 4.90 Å². The normalized spacial score (nSPS) is 30.5. The summed E-state index contributed by atoms with van der Waals surface area (Å²) < 4.78 is 5.06. The molecule has 0 unspecified atom stereocenters. The first-order valence-corrected chi connectivity index (χ1v) is 10.8. The molecule has 8 nitrogen and oxygen atoms in total. The Balaban J connectivity index is 1.46. The van der Waals surface area contributed by atoms with Crippen LogP contribution < -0.4 is 15.0 Å². The number of nitrogens with one attached hydrogen (secondary N) is 1. The maximum absolute atomic E-state index is 13.8. The van der Waals surface area contributed by atoms with E-state index in [1.54, 1.807) is 24.3 Å². The highest BCUT2D eigenvalue weighted by Gasteiger charge is 2.74. The number of esters is 1.